The van der Waals surface area contributed by atoms with Gasteiger partial charge in [-0.1, -0.05) is 0 Å². The van der Waals surface area contributed by atoms with Gasteiger partial charge < -0.3 is 9.64 Å². The Morgan fingerprint density at radius 2 is 2.06 bits per heavy atom. The maximum absolute atomic E-state index is 12.0. The third kappa shape index (κ3) is 4.27. The van der Waals surface area contributed by atoms with E-state index in [0.717, 1.165) is 0 Å². The molecule has 0 aromatic carbocycles. The fourth-order valence-electron chi connectivity index (χ4n) is 1.78. The zero-order chi connectivity index (χ0) is 13.6. The van der Waals surface area contributed by atoms with Crippen LogP contribution < -0.4 is 0 Å². The van der Waals surface area contributed by atoms with Crippen LogP contribution in [0.5, 0.6) is 0 Å². The normalized spacial score (nSPS) is 17.1. The maximum atomic E-state index is 12.0. The van der Waals surface area contributed by atoms with Crippen molar-refractivity contribution in [1.82, 2.24) is 4.90 Å². The Bertz CT molecular complexity index is 421. The first-order valence-electron chi connectivity index (χ1n) is 5.87. The second kappa shape index (κ2) is 6.71. The summed E-state index contributed by atoms with van der Waals surface area (Å²) in [5, 5.41) is 7.94. The molecule has 18 heavy (non-hydrogen) atoms. The van der Waals surface area contributed by atoms with Crippen LogP contribution in [0, 0.1) is 11.3 Å². The van der Waals surface area contributed by atoms with Crippen molar-refractivity contribution in [1.29, 1.82) is 5.26 Å². The minimum Gasteiger partial charge on any atom is -0.381 e. The summed E-state index contributed by atoms with van der Waals surface area (Å²) in [7, 11) is -1.89. The minimum atomic E-state index is -3.41. The lowest BCUT2D eigenvalue weighted by Crippen LogP contribution is -2.38. The minimum absolute atomic E-state index is 0.208. The van der Waals surface area contributed by atoms with Gasteiger partial charge in [-0.15, -0.1) is 0 Å². The number of amides is 1. The molecule has 0 bridgehead atoms. The highest BCUT2D eigenvalue weighted by Crippen LogP contribution is 2.16. The SMILES string of the molecule is CN(CCC#N)C(=O)CS(=O)(=O)C1CCOCC1. The average Bonchev–Trinajstić information content (AvgIpc) is 2.36. The Morgan fingerprint density at radius 3 is 2.61 bits per heavy atom. The number of carbonyl (C=O) groups is 1. The van der Waals surface area contributed by atoms with Crippen molar-refractivity contribution in [3.63, 3.8) is 0 Å². The number of ether oxygens (including phenoxy) is 1. The molecular formula is C11H18N2O4S. The van der Waals surface area contributed by atoms with E-state index in [0.29, 0.717) is 26.1 Å². The molecule has 6 nitrogen and oxygen atoms in total. The van der Waals surface area contributed by atoms with Crippen LogP contribution in [0.4, 0.5) is 0 Å². The molecule has 0 aromatic rings. The number of hydrogen-bond acceptors (Lipinski definition) is 5. The molecular weight excluding hydrogens is 256 g/mol. The van der Waals surface area contributed by atoms with E-state index in [-0.39, 0.29) is 13.0 Å². The molecule has 0 saturated carbocycles. The van der Waals surface area contributed by atoms with E-state index in [4.69, 9.17) is 10.00 Å². The van der Waals surface area contributed by atoms with Crippen molar-refractivity contribution in [2.24, 2.45) is 0 Å². The Balaban J connectivity index is 2.54. The van der Waals surface area contributed by atoms with Gasteiger partial charge in [0, 0.05) is 26.8 Å². The van der Waals surface area contributed by atoms with Gasteiger partial charge >= 0.3 is 0 Å². The fourth-order valence-corrected chi connectivity index (χ4v) is 3.49. The lowest BCUT2D eigenvalue weighted by molar-refractivity contribution is -0.127. The van der Waals surface area contributed by atoms with Crippen molar-refractivity contribution in [2.45, 2.75) is 24.5 Å². The van der Waals surface area contributed by atoms with E-state index in [1.165, 1.54) is 11.9 Å². The predicted octanol–water partition coefficient (Wildman–Crippen LogP) is -0.0477. The Kier molecular flexibility index (Phi) is 5.56. The van der Waals surface area contributed by atoms with Gasteiger partial charge in [-0.2, -0.15) is 5.26 Å². The van der Waals surface area contributed by atoms with Gasteiger partial charge in [0.2, 0.25) is 5.91 Å². The number of rotatable bonds is 5. The topological polar surface area (TPSA) is 87.5 Å². The molecule has 1 saturated heterocycles. The first-order chi connectivity index (χ1) is 8.47. The first kappa shape index (κ1) is 14.9. The maximum Gasteiger partial charge on any atom is 0.237 e. The molecule has 7 heteroatoms. The van der Waals surface area contributed by atoms with Crippen LogP contribution in [0.25, 0.3) is 0 Å². The fraction of sp³-hybridized carbons (Fsp3) is 0.818. The van der Waals surface area contributed by atoms with E-state index >= 15 is 0 Å². The lowest BCUT2D eigenvalue weighted by atomic mass is 10.2. The van der Waals surface area contributed by atoms with Crippen LogP contribution in [0.2, 0.25) is 0 Å². The molecule has 0 atom stereocenters. The molecule has 0 spiro atoms. The molecule has 0 N–H and O–H groups in total. The van der Waals surface area contributed by atoms with Gasteiger partial charge in [0.1, 0.15) is 5.75 Å². The summed E-state index contributed by atoms with van der Waals surface area (Å²) in [5.74, 6) is -0.920. The smallest absolute Gasteiger partial charge is 0.237 e. The van der Waals surface area contributed by atoms with Crippen LogP contribution in [0.3, 0.4) is 0 Å². The molecule has 1 aliphatic rings. The van der Waals surface area contributed by atoms with Crippen LogP contribution in [0.15, 0.2) is 0 Å². The van der Waals surface area contributed by atoms with Crippen molar-refractivity contribution < 1.29 is 17.9 Å². The highest BCUT2D eigenvalue weighted by Gasteiger charge is 2.30. The van der Waals surface area contributed by atoms with Crippen LogP contribution >= 0.6 is 0 Å². The third-order valence-electron chi connectivity index (χ3n) is 2.99. The number of sulfone groups is 1. The summed E-state index contributed by atoms with van der Waals surface area (Å²) >= 11 is 0. The zero-order valence-electron chi connectivity index (χ0n) is 10.5. The molecule has 1 fully saturated rings. The molecule has 1 aliphatic heterocycles. The van der Waals surface area contributed by atoms with Crippen LogP contribution in [0.1, 0.15) is 19.3 Å². The molecule has 1 amide bonds. The van der Waals surface area contributed by atoms with E-state index < -0.39 is 26.7 Å². The average molecular weight is 274 g/mol. The number of nitriles is 1. The highest BCUT2D eigenvalue weighted by molar-refractivity contribution is 7.92. The Hall–Kier alpha value is -1.13. The standard InChI is InChI=1S/C11H18N2O4S/c1-13(6-2-5-12)11(14)9-18(15,16)10-3-7-17-8-4-10/h10H,2-4,6-9H2,1H3. The van der Waals surface area contributed by atoms with Crippen molar-refractivity contribution in [3.8, 4) is 6.07 Å². The van der Waals surface area contributed by atoms with Gasteiger partial charge in [-0.25, -0.2) is 8.42 Å². The number of carbonyl (C=O) groups excluding carboxylic acids is 1. The molecule has 1 rings (SSSR count). The lowest BCUT2D eigenvalue weighted by Gasteiger charge is -2.23. The highest BCUT2D eigenvalue weighted by atomic mass is 32.2. The van der Waals surface area contributed by atoms with E-state index in [9.17, 15) is 13.2 Å². The van der Waals surface area contributed by atoms with E-state index in [2.05, 4.69) is 0 Å². The van der Waals surface area contributed by atoms with Crippen LogP contribution in [-0.4, -0.2) is 57.0 Å². The Morgan fingerprint density at radius 1 is 1.44 bits per heavy atom. The van der Waals surface area contributed by atoms with Gasteiger partial charge in [0.15, 0.2) is 9.84 Å². The molecule has 0 aliphatic carbocycles. The molecule has 0 aromatic heterocycles. The number of nitrogens with zero attached hydrogens (tertiary/aromatic N) is 2. The quantitative estimate of drug-likeness (QED) is 0.701. The van der Waals surface area contributed by atoms with Gasteiger partial charge in [0.05, 0.1) is 17.7 Å². The summed E-state index contributed by atoms with van der Waals surface area (Å²) in [5.41, 5.74) is 0. The van der Waals surface area contributed by atoms with Crippen LogP contribution in [-0.2, 0) is 19.4 Å². The summed E-state index contributed by atoms with van der Waals surface area (Å²) in [6, 6.07) is 1.92. The molecule has 1 heterocycles. The monoisotopic (exact) mass is 274 g/mol. The summed E-state index contributed by atoms with van der Waals surface area (Å²) in [4.78, 5) is 13.0. The van der Waals surface area contributed by atoms with Gasteiger partial charge in [-0.05, 0) is 12.8 Å². The summed E-state index contributed by atoms with van der Waals surface area (Å²) in [6.45, 7) is 1.13. The van der Waals surface area contributed by atoms with Gasteiger partial charge in [-0.3, -0.25) is 4.79 Å². The van der Waals surface area contributed by atoms with E-state index in [1.54, 1.807) is 0 Å². The van der Waals surface area contributed by atoms with Gasteiger partial charge in [0.25, 0.3) is 0 Å². The molecule has 102 valence electrons. The summed E-state index contributed by atoms with van der Waals surface area (Å²) < 4.78 is 29.1. The summed E-state index contributed by atoms with van der Waals surface area (Å²) in [6.07, 6.45) is 1.12. The molecule has 0 unspecified atom stereocenters. The molecule has 0 radical (unpaired) electrons. The van der Waals surface area contributed by atoms with Crippen molar-refractivity contribution >= 4 is 15.7 Å². The van der Waals surface area contributed by atoms with Crippen molar-refractivity contribution in [2.75, 3.05) is 32.6 Å². The largest absolute Gasteiger partial charge is 0.381 e. The second-order valence-electron chi connectivity index (χ2n) is 4.34. The van der Waals surface area contributed by atoms with E-state index in [1.807, 2.05) is 6.07 Å². The number of hydrogen-bond donors (Lipinski definition) is 0. The predicted molar refractivity (Wildman–Crippen MR) is 65.5 cm³/mol. The second-order valence-corrected chi connectivity index (χ2v) is 6.62. The third-order valence-corrected chi connectivity index (χ3v) is 5.12. The first-order valence-corrected chi connectivity index (χ1v) is 7.59. The zero-order valence-corrected chi connectivity index (χ0v) is 11.3. The van der Waals surface area contributed by atoms with Crippen molar-refractivity contribution in [3.05, 3.63) is 0 Å². The Labute approximate surface area is 107 Å².